The first-order valence-corrected chi connectivity index (χ1v) is 2.16. The van der Waals surface area contributed by atoms with Crippen molar-refractivity contribution in [2.24, 2.45) is 5.92 Å². The van der Waals surface area contributed by atoms with E-state index in [4.69, 9.17) is 0 Å². The molecular weight excluding hydrogens is 191 g/mol. The minimum absolute atomic E-state index is 0. The van der Waals surface area contributed by atoms with E-state index >= 15 is 0 Å². The zero-order chi connectivity index (χ0) is 5.11. The molecule has 1 rings (SSSR count). The third-order valence-corrected chi connectivity index (χ3v) is 0.884. The van der Waals surface area contributed by atoms with Crippen molar-refractivity contribution in [3.05, 3.63) is 24.3 Å². The fourth-order valence-corrected chi connectivity index (χ4v) is 0.510. The molecular formula is C6H5ORh-. The van der Waals surface area contributed by atoms with Crippen LogP contribution in [0.3, 0.4) is 0 Å². The van der Waals surface area contributed by atoms with Gasteiger partial charge in [-0.2, -0.15) is 0 Å². The maximum atomic E-state index is 9.78. The van der Waals surface area contributed by atoms with Gasteiger partial charge in [0.25, 0.3) is 0 Å². The molecule has 0 spiro atoms. The summed E-state index contributed by atoms with van der Waals surface area (Å²) in [4.78, 5) is 9.78. The molecule has 0 saturated heterocycles. The summed E-state index contributed by atoms with van der Waals surface area (Å²) < 4.78 is 0. The zero-order valence-corrected chi connectivity index (χ0v) is 5.77. The van der Waals surface area contributed by atoms with Crippen molar-refractivity contribution in [3.8, 4) is 0 Å². The van der Waals surface area contributed by atoms with Gasteiger partial charge in [-0.3, -0.25) is 6.29 Å². The van der Waals surface area contributed by atoms with Crippen molar-refractivity contribution >= 4 is 6.29 Å². The second-order valence-electron chi connectivity index (χ2n) is 1.41. The summed E-state index contributed by atoms with van der Waals surface area (Å²) in [5.74, 6) is -0.0694. The molecule has 8 heavy (non-hydrogen) atoms. The number of allylic oxidation sites excluding steroid dienone is 4. The topological polar surface area (TPSA) is 17.1 Å². The average molecular weight is 196 g/mol. The van der Waals surface area contributed by atoms with Crippen molar-refractivity contribution in [3.63, 3.8) is 0 Å². The van der Waals surface area contributed by atoms with Crippen LogP contribution in [0.15, 0.2) is 24.3 Å². The van der Waals surface area contributed by atoms with Crippen LogP contribution in [0.2, 0.25) is 0 Å². The molecule has 0 fully saturated rings. The van der Waals surface area contributed by atoms with E-state index < -0.39 is 0 Å². The van der Waals surface area contributed by atoms with Gasteiger partial charge in [0, 0.05) is 19.5 Å². The van der Waals surface area contributed by atoms with Crippen LogP contribution >= 0.6 is 0 Å². The van der Waals surface area contributed by atoms with Crippen LogP contribution in [0.25, 0.3) is 0 Å². The second-order valence-corrected chi connectivity index (χ2v) is 1.41. The predicted octanol–water partition coefficient (Wildman–Crippen LogP) is 0.836. The van der Waals surface area contributed by atoms with Gasteiger partial charge in [0.2, 0.25) is 0 Å². The second kappa shape index (κ2) is 3.74. The summed E-state index contributed by atoms with van der Waals surface area (Å²) in [6.07, 6.45) is 9.12. The van der Waals surface area contributed by atoms with E-state index in [0.717, 1.165) is 0 Å². The van der Waals surface area contributed by atoms with Gasteiger partial charge in [-0.15, -0.1) is 18.1 Å². The van der Waals surface area contributed by atoms with E-state index in [-0.39, 0.29) is 25.4 Å². The van der Waals surface area contributed by atoms with Crippen LogP contribution < -0.4 is 0 Å². The molecule has 0 aliphatic heterocycles. The SMILES string of the molecule is O=[C-]C1C=CC=C1.[Rh]. The maximum absolute atomic E-state index is 9.78. The quantitative estimate of drug-likeness (QED) is 0.448. The fourth-order valence-electron chi connectivity index (χ4n) is 0.510. The molecule has 0 atom stereocenters. The normalized spacial score (nSPS) is 16.0. The van der Waals surface area contributed by atoms with Crippen LogP contribution in [-0.4, -0.2) is 6.29 Å². The molecule has 0 aromatic rings. The Balaban J connectivity index is 0.000000490. The van der Waals surface area contributed by atoms with Gasteiger partial charge in [0.1, 0.15) is 0 Å². The third-order valence-electron chi connectivity index (χ3n) is 0.884. The van der Waals surface area contributed by atoms with Crippen molar-refractivity contribution in [1.82, 2.24) is 0 Å². The molecule has 1 nitrogen and oxygen atoms in total. The van der Waals surface area contributed by atoms with Gasteiger partial charge < -0.3 is 4.79 Å². The Labute approximate surface area is 61.2 Å². The molecule has 0 aromatic carbocycles. The maximum Gasteiger partial charge on any atom is 0 e. The summed E-state index contributed by atoms with van der Waals surface area (Å²) in [7, 11) is 0. The standard InChI is InChI=1S/C6H5O.Rh/c7-5-6-3-1-2-4-6;/h1-4,6H;/q-1;. The molecule has 0 heterocycles. The van der Waals surface area contributed by atoms with E-state index in [2.05, 4.69) is 0 Å². The molecule has 2 heteroatoms. The molecule has 1 radical (unpaired) electrons. The van der Waals surface area contributed by atoms with Gasteiger partial charge in [-0.05, 0) is 0 Å². The van der Waals surface area contributed by atoms with Gasteiger partial charge in [-0.1, -0.05) is 12.2 Å². The van der Waals surface area contributed by atoms with E-state index in [0.29, 0.717) is 0 Å². The Morgan fingerprint density at radius 2 is 1.75 bits per heavy atom. The van der Waals surface area contributed by atoms with Crippen molar-refractivity contribution in [1.29, 1.82) is 0 Å². The Kier molecular flexibility index (Phi) is 3.63. The summed E-state index contributed by atoms with van der Waals surface area (Å²) in [6, 6.07) is 0. The number of carbonyl (C=O) groups excluding carboxylic acids is 1. The molecule has 0 aromatic heterocycles. The molecule has 45 valence electrons. The molecule has 0 bridgehead atoms. The van der Waals surface area contributed by atoms with Crippen molar-refractivity contribution < 1.29 is 24.3 Å². The van der Waals surface area contributed by atoms with Crippen LogP contribution in [-0.2, 0) is 24.3 Å². The van der Waals surface area contributed by atoms with Crippen LogP contribution in [0.1, 0.15) is 0 Å². The third kappa shape index (κ3) is 1.71. The fraction of sp³-hybridized carbons (Fsp3) is 0.167. The zero-order valence-electron chi connectivity index (χ0n) is 4.13. The average Bonchev–Trinajstić information content (AvgIpc) is 2.14. The van der Waals surface area contributed by atoms with E-state index in [1.807, 2.05) is 18.4 Å². The minimum Gasteiger partial charge on any atom is -0.541 e. The van der Waals surface area contributed by atoms with E-state index in [1.165, 1.54) is 0 Å². The first-order chi connectivity index (χ1) is 3.43. The minimum atomic E-state index is -0.0694. The molecule has 0 unspecified atom stereocenters. The van der Waals surface area contributed by atoms with Crippen LogP contribution in [0.5, 0.6) is 0 Å². The van der Waals surface area contributed by atoms with Crippen molar-refractivity contribution in [2.45, 2.75) is 0 Å². The first kappa shape index (κ1) is 7.77. The van der Waals surface area contributed by atoms with Crippen LogP contribution in [0.4, 0.5) is 0 Å². The van der Waals surface area contributed by atoms with Gasteiger partial charge in [-0.25, -0.2) is 0 Å². The summed E-state index contributed by atoms with van der Waals surface area (Å²) in [6.45, 7) is 0. The van der Waals surface area contributed by atoms with E-state index in [1.54, 1.807) is 12.2 Å². The number of rotatable bonds is 1. The molecule has 0 amide bonds. The summed E-state index contributed by atoms with van der Waals surface area (Å²) in [5.41, 5.74) is 0. The van der Waals surface area contributed by atoms with Crippen LogP contribution in [0, 0.1) is 5.92 Å². The van der Waals surface area contributed by atoms with E-state index in [9.17, 15) is 4.79 Å². The summed E-state index contributed by atoms with van der Waals surface area (Å²) >= 11 is 0. The Bertz CT molecular complexity index is 114. The molecule has 0 N–H and O–H groups in total. The van der Waals surface area contributed by atoms with Gasteiger partial charge >= 0.3 is 0 Å². The predicted molar refractivity (Wildman–Crippen MR) is 27.5 cm³/mol. The Morgan fingerprint density at radius 3 is 2.00 bits per heavy atom. The Hall–Kier alpha value is -0.227. The largest absolute Gasteiger partial charge is 0.541 e. The van der Waals surface area contributed by atoms with Gasteiger partial charge in [0.05, 0.1) is 0 Å². The number of hydrogen-bond donors (Lipinski definition) is 0. The Morgan fingerprint density at radius 1 is 1.25 bits per heavy atom. The number of hydrogen-bond acceptors (Lipinski definition) is 1. The molecule has 1 aliphatic rings. The summed E-state index contributed by atoms with van der Waals surface area (Å²) in [5, 5.41) is 0. The van der Waals surface area contributed by atoms with Gasteiger partial charge in [0.15, 0.2) is 0 Å². The monoisotopic (exact) mass is 196 g/mol. The molecule has 0 saturated carbocycles. The molecule has 1 aliphatic carbocycles. The smallest absolute Gasteiger partial charge is 0 e. The van der Waals surface area contributed by atoms with Crippen molar-refractivity contribution in [2.75, 3.05) is 0 Å². The first-order valence-electron chi connectivity index (χ1n) is 2.16.